The molecule has 2 fully saturated rings. The summed E-state index contributed by atoms with van der Waals surface area (Å²) in [7, 11) is 7.27. The van der Waals surface area contributed by atoms with Gasteiger partial charge in [0.05, 0.1) is 53.4 Å². The fourth-order valence-corrected chi connectivity index (χ4v) is 3.48. The highest BCUT2D eigenvalue weighted by Crippen LogP contribution is 2.28. The van der Waals surface area contributed by atoms with Crippen LogP contribution >= 0.6 is 0 Å². The van der Waals surface area contributed by atoms with E-state index in [4.69, 9.17) is 0 Å². The van der Waals surface area contributed by atoms with Gasteiger partial charge < -0.3 is 56.9 Å². The summed E-state index contributed by atoms with van der Waals surface area (Å²) in [6.45, 7) is 5.66. The predicted octanol–water partition coefficient (Wildman–Crippen LogP) is -4.14. The summed E-state index contributed by atoms with van der Waals surface area (Å²) in [6, 6.07) is 0.969. The van der Waals surface area contributed by atoms with Crippen molar-refractivity contribution in [3.63, 3.8) is 0 Å². The molecule has 4 heteroatoms. The van der Waals surface area contributed by atoms with Crippen molar-refractivity contribution in [2.45, 2.75) is 38.1 Å². The first-order valence-corrected chi connectivity index (χ1v) is 6.68. The van der Waals surface area contributed by atoms with E-state index < -0.39 is 0 Å². The average molecular weight is 466 g/mol. The molecule has 0 spiro atoms. The van der Waals surface area contributed by atoms with Crippen LogP contribution in [0.5, 0.6) is 0 Å². The monoisotopic (exact) mass is 466 g/mol. The number of piperidine rings is 2. The van der Waals surface area contributed by atoms with Crippen LogP contribution in [0.1, 0.15) is 32.1 Å². The minimum atomic E-state index is 0. The van der Waals surface area contributed by atoms with Gasteiger partial charge in [-0.25, -0.2) is 0 Å². The Kier molecular flexibility index (Phi) is 7.83. The second-order valence-corrected chi connectivity index (χ2v) is 6.60. The Morgan fingerprint density at radius 3 is 1.65 bits per heavy atom. The van der Waals surface area contributed by atoms with Crippen LogP contribution in [0.4, 0.5) is 0 Å². The van der Waals surface area contributed by atoms with Crippen molar-refractivity contribution in [2.75, 3.05) is 47.3 Å². The third-order valence-corrected chi connectivity index (χ3v) is 4.85. The molecule has 104 valence electrons. The van der Waals surface area contributed by atoms with Gasteiger partial charge in [-0.3, -0.25) is 0 Å². The van der Waals surface area contributed by atoms with Gasteiger partial charge in [0.25, 0.3) is 0 Å². The zero-order valence-corrected chi connectivity index (χ0v) is 15.9. The summed E-state index contributed by atoms with van der Waals surface area (Å²) in [6.07, 6.45) is 7.30. The quantitative estimate of drug-likeness (QED) is 0.272. The Morgan fingerprint density at radius 2 is 1.18 bits per heavy atom. The lowest BCUT2D eigenvalue weighted by Gasteiger charge is -2.48. The number of halogens is 2. The SMILES string of the molecule is C[N+]1(C)CCC([N+]2(C)CCCCC2)CC1.[I-].[I-]. The maximum absolute atomic E-state index is 2.51. The van der Waals surface area contributed by atoms with Crippen molar-refractivity contribution in [1.82, 2.24) is 0 Å². The first kappa shape index (κ1) is 18.4. The first-order chi connectivity index (χ1) is 7.02. The fourth-order valence-electron chi connectivity index (χ4n) is 3.48. The summed E-state index contributed by atoms with van der Waals surface area (Å²) < 4.78 is 2.64. The highest BCUT2D eigenvalue weighted by molar-refractivity contribution is 4.67. The molecule has 2 rings (SSSR count). The van der Waals surface area contributed by atoms with Gasteiger partial charge in [-0.2, -0.15) is 0 Å². The van der Waals surface area contributed by atoms with Gasteiger partial charge in [-0.15, -0.1) is 0 Å². The minimum absolute atomic E-state index is 0. The Morgan fingerprint density at radius 1 is 0.706 bits per heavy atom. The molecule has 0 atom stereocenters. The van der Waals surface area contributed by atoms with Gasteiger partial charge in [-0.05, 0) is 19.3 Å². The normalized spacial score (nSPS) is 27.7. The summed E-state index contributed by atoms with van der Waals surface area (Å²) in [4.78, 5) is 0. The highest BCUT2D eigenvalue weighted by atomic mass is 127. The van der Waals surface area contributed by atoms with Gasteiger partial charge in [0.1, 0.15) is 0 Å². The number of nitrogens with zero attached hydrogens (tertiary/aromatic N) is 2. The molecule has 2 heterocycles. The molecule has 0 aromatic heterocycles. The van der Waals surface area contributed by atoms with Crippen LogP contribution in [0.2, 0.25) is 0 Å². The Balaban J connectivity index is 0.00000128. The lowest BCUT2D eigenvalue weighted by molar-refractivity contribution is -0.961. The maximum atomic E-state index is 2.51. The first-order valence-electron chi connectivity index (χ1n) is 6.68. The smallest absolute Gasteiger partial charge is 0.0996 e. The maximum Gasteiger partial charge on any atom is 0.0996 e. The van der Waals surface area contributed by atoms with E-state index in [2.05, 4.69) is 21.1 Å². The lowest BCUT2D eigenvalue weighted by atomic mass is 9.96. The predicted molar refractivity (Wildman–Crippen MR) is 64.6 cm³/mol. The molecule has 0 saturated carbocycles. The zero-order valence-electron chi connectivity index (χ0n) is 11.6. The zero-order chi connectivity index (χ0) is 10.9. The van der Waals surface area contributed by atoms with Crippen LogP contribution in [0, 0.1) is 0 Å². The molecule has 2 aliphatic rings. The number of quaternary nitrogens is 2. The van der Waals surface area contributed by atoms with Gasteiger partial charge in [0.2, 0.25) is 0 Å². The van der Waals surface area contributed by atoms with Gasteiger partial charge in [-0.1, -0.05) is 0 Å². The van der Waals surface area contributed by atoms with Gasteiger partial charge >= 0.3 is 0 Å². The molecule has 2 nitrogen and oxygen atoms in total. The topological polar surface area (TPSA) is 0 Å². The van der Waals surface area contributed by atoms with Crippen LogP contribution in [0.3, 0.4) is 0 Å². The molecule has 0 aromatic carbocycles. The molecule has 0 bridgehead atoms. The van der Waals surface area contributed by atoms with Crippen molar-refractivity contribution >= 4 is 0 Å². The molecule has 2 saturated heterocycles. The van der Waals surface area contributed by atoms with E-state index in [0.717, 1.165) is 6.04 Å². The Hall–Kier alpha value is 1.38. The van der Waals surface area contributed by atoms with Crippen LogP contribution < -0.4 is 48.0 Å². The fraction of sp³-hybridized carbons (Fsp3) is 1.00. The summed E-state index contributed by atoms with van der Waals surface area (Å²) in [5, 5.41) is 0. The third-order valence-electron chi connectivity index (χ3n) is 4.85. The van der Waals surface area contributed by atoms with Gasteiger partial charge in [0, 0.05) is 12.8 Å². The van der Waals surface area contributed by atoms with Crippen LogP contribution in [-0.4, -0.2) is 62.3 Å². The van der Waals surface area contributed by atoms with E-state index in [1.54, 1.807) is 0 Å². The van der Waals surface area contributed by atoms with Crippen LogP contribution in [-0.2, 0) is 0 Å². The molecular formula is C13H28I2N2. The largest absolute Gasteiger partial charge is 1.00 e. The Labute approximate surface area is 141 Å². The van der Waals surface area contributed by atoms with Crippen molar-refractivity contribution in [3.05, 3.63) is 0 Å². The van der Waals surface area contributed by atoms with E-state index in [0.29, 0.717) is 0 Å². The molecule has 2 aliphatic heterocycles. The minimum Gasteiger partial charge on any atom is -1.00 e. The van der Waals surface area contributed by atoms with Crippen molar-refractivity contribution < 1.29 is 56.9 Å². The second kappa shape index (κ2) is 7.24. The van der Waals surface area contributed by atoms with E-state index in [1.165, 1.54) is 67.2 Å². The molecule has 0 unspecified atom stereocenters. The van der Waals surface area contributed by atoms with Crippen molar-refractivity contribution in [1.29, 1.82) is 0 Å². The molecule has 0 N–H and O–H groups in total. The van der Waals surface area contributed by atoms with Crippen LogP contribution in [0.25, 0.3) is 0 Å². The molecule has 0 aliphatic carbocycles. The van der Waals surface area contributed by atoms with E-state index in [-0.39, 0.29) is 48.0 Å². The second-order valence-electron chi connectivity index (χ2n) is 6.60. The van der Waals surface area contributed by atoms with E-state index in [1.807, 2.05) is 0 Å². The molecule has 17 heavy (non-hydrogen) atoms. The lowest BCUT2D eigenvalue weighted by Crippen LogP contribution is -3.00. The molecule has 0 aromatic rings. The standard InChI is InChI=1S/C13H28N2.2HI/c1-14(2)11-7-13(8-12-14)15(3)9-5-4-6-10-15;;/h13H,4-12H2,1-3H3;2*1H/q+2;;/p-2. The summed E-state index contributed by atoms with van der Waals surface area (Å²) in [5.41, 5.74) is 0. The average Bonchev–Trinajstić information content (AvgIpc) is 2.18. The number of rotatable bonds is 1. The summed E-state index contributed by atoms with van der Waals surface area (Å²) >= 11 is 0. The Bertz CT molecular complexity index is 215. The number of likely N-dealkylation sites (tertiary alicyclic amines) is 2. The number of hydrogen-bond donors (Lipinski definition) is 0. The van der Waals surface area contributed by atoms with E-state index in [9.17, 15) is 0 Å². The molecular weight excluding hydrogens is 438 g/mol. The van der Waals surface area contributed by atoms with Gasteiger partial charge in [0.15, 0.2) is 0 Å². The molecule has 0 amide bonds. The summed E-state index contributed by atoms with van der Waals surface area (Å²) in [5.74, 6) is 0. The number of hydrogen-bond acceptors (Lipinski definition) is 0. The van der Waals surface area contributed by atoms with Crippen LogP contribution in [0.15, 0.2) is 0 Å². The highest BCUT2D eigenvalue weighted by Gasteiger charge is 2.39. The van der Waals surface area contributed by atoms with Crippen molar-refractivity contribution in [3.8, 4) is 0 Å². The van der Waals surface area contributed by atoms with Crippen molar-refractivity contribution in [2.24, 2.45) is 0 Å². The molecule has 0 radical (unpaired) electrons. The van der Waals surface area contributed by atoms with E-state index >= 15 is 0 Å². The third kappa shape index (κ3) is 4.76.